The Labute approximate surface area is 109 Å². The van der Waals surface area contributed by atoms with Crippen molar-refractivity contribution in [3.05, 3.63) is 71.3 Å². The Hall–Kier alpha value is -1.60. The number of fused-ring (bicyclic) bond motifs is 1. The summed E-state index contributed by atoms with van der Waals surface area (Å²) >= 11 is 0. The second-order valence-corrected chi connectivity index (χ2v) is 5.13. The summed E-state index contributed by atoms with van der Waals surface area (Å²) in [5, 5.41) is 0. The highest BCUT2D eigenvalue weighted by Gasteiger charge is 2.24. The molecular weight excluding hydrogens is 218 g/mol. The summed E-state index contributed by atoms with van der Waals surface area (Å²) in [6.07, 6.45) is 2.28. The van der Waals surface area contributed by atoms with E-state index < -0.39 is 0 Å². The second-order valence-electron chi connectivity index (χ2n) is 5.13. The Morgan fingerprint density at radius 3 is 2.56 bits per heavy atom. The van der Waals surface area contributed by atoms with E-state index in [-0.39, 0.29) is 0 Å². The van der Waals surface area contributed by atoms with Crippen molar-refractivity contribution in [3.8, 4) is 0 Å². The van der Waals surface area contributed by atoms with Crippen LogP contribution in [0.15, 0.2) is 54.6 Å². The molecule has 3 rings (SSSR count). The van der Waals surface area contributed by atoms with Crippen molar-refractivity contribution in [2.24, 2.45) is 0 Å². The van der Waals surface area contributed by atoms with E-state index in [9.17, 15) is 0 Å². The Kier molecular flexibility index (Phi) is 3.16. The van der Waals surface area contributed by atoms with Crippen molar-refractivity contribution in [2.45, 2.75) is 18.9 Å². The minimum Gasteiger partial charge on any atom is -0.299 e. The number of hydrogen-bond acceptors (Lipinski definition) is 1. The lowest BCUT2D eigenvalue weighted by atomic mass is 9.89. The van der Waals surface area contributed by atoms with Crippen LogP contribution in [0.25, 0.3) is 0 Å². The van der Waals surface area contributed by atoms with Crippen LogP contribution in [-0.2, 0) is 12.8 Å². The van der Waals surface area contributed by atoms with Crippen LogP contribution in [0.4, 0.5) is 0 Å². The average molecular weight is 237 g/mol. The molecule has 2 aromatic rings. The predicted molar refractivity (Wildman–Crippen MR) is 75.7 cm³/mol. The molecule has 0 fully saturated rings. The molecule has 1 heteroatoms. The third-order valence-electron chi connectivity index (χ3n) is 3.95. The van der Waals surface area contributed by atoms with Gasteiger partial charge in [-0.3, -0.25) is 4.90 Å². The first-order valence-corrected chi connectivity index (χ1v) is 6.66. The van der Waals surface area contributed by atoms with Gasteiger partial charge in [-0.15, -0.1) is 0 Å². The van der Waals surface area contributed by atoms with E-state index in [0.29, 0.717) is 6.04 Å². The lowest BCUT2D eigenvalue weighted by Gasteiger charge is -2.34. The molecule has 1 aliphatic heterocycles. The maximum absolute atomic E-state index is 2.48. The highest BCUT2D eigenvalue weighted by molar-refractivity contribution is 5.34. The molecule has 0 spiro atoms. The van der Waals surface area contributed by atoms with E-state index >= 15 is 0 Å². The number of rotatable bonds is 2. The van der Waals surface area contributed by atoms with E-state index in [0.717, 1.165) is 13.0 Å². The minimum absolute atomic E-state index is 0.525. The van der Waals surface area contributed by atoms with Gasteiger partial charge in [-0.1, -0.05) is 54.6 Å². The van der Waals surface area contributed by atoms with Crippen molar-refractivity contribution in [1.82, 2.24) is 4.90 Å². The van der Waals surface area contributed by atoms with Gasteiger partial charge in [-0.2, -0.15) is 0 Å². The SMILES string of the molecule is CN1CCc2ccccc2[C@H]1Cc1ccccc1. The molecule has 0 amide bonds. The van der Waals surface area contributed by atoms with Crippen LogP contribution in [-0.4, -0.2) is 18.5 Å². The first-order chi connectivity index (χ1) is 8.84. The number of nitrogens with zero attached hydrogens (tertiary/aromatic N) is 1. The van der Waals surface area contributed by atoms with Gasteiger partial charge in [0.2, 0.25) is 0 Å². The fourth-order valence-electron chi connectivity index (χ4n) is 2.88. The third-order valence-corrected chi connectivity index (χ3v) is 3.95. The summed E-state index contributed by atoms with van der Waals surface area (Å²) in [6.45, 7) is 1.16. The van der Waals surface area contributed by atoms with Gasteiger partial charge >= 0.3 is 0 Å². The molecule has 0 saturated heterocycles. The third kappa shape index (κ3) is 2.19. The second kappa shape index (κ2) is 4.95. The number of benzene rings is 2. The summed E-state index contributed by atoms with van der Waals surface area (Å²) in [5.41, 5.74) is 4.46. The Morgan fingerprint density at radius 1 is 1.00 bits per heavy atom. The zero-order valence-corrected chi connectivity index (χ0v) is 10.8. The van der Waals surface area contributed by atoms with Crippen LogP contribution in [0.1, 0.15) is 22.7 Å². The molecule has 1 aliphatic rings. The highest BCUT2D eigenvalue weighted by atomic mass is 15.1. The van der Waals surface area contributed by atoms with E-state index in [1.807, 2.05) is 0 Å². The van der Waals surface area contributed by atoms with Crippen molar-refractivity contribution in [2.75, 3.05) is 13.6 Å². The van der Waals surface area contributed by atoms with Gasteiger partial charge < -0.3 is 0 Å². The van der Waals surface area contributed by atoms with Crippen LogP contribution in [0, 0.1) is 0 Å². The molecule has 0 saturated carbocycles. The first kappa shape index (κ1) is 11.5. The van der Waals surface area contributed by atoms with Gasteiger partial charge in [0.15, 0.2) is 0 Å². The highest BCUT2D eigenvalue weighted by Crippen LogP contribution is 2.31. The van der Waals surface area contributed by atoms with Gasteiger partial charge in [-0.05, 0) is 36.6 Å². The lowest BCUT2D eigenvalue weighted by molar-refractivity contribution is 0.229. The maximum Gasteiger partial charge on any atom is 0.0388 e. The summed E-state index contributed by atoms with van der Waals surface area (Å²) in [7, 11) is 2.24. The molecule has 1 nitrogen and oxygen atoms in total. The molecule has 0 bridgehead atoms. The molecular formula is C17H19N. The van der Waals surface area contributed by atoms with Crippen molar-refractivity contribution in [1.29, 1.82) is 0 Å². The summed E-state index contributed by atoms with van der Waals surface area (Å²) < 4.78 is 0. The predicted octanol–water partition coefficient (Wildman–Crippen LogP) is 3.46. The van der Waals surface area contributed by atoms with Gasteiger partial charge in [0.05, 0.1) is 0 Å². The maximum atomic E-state index is 2.48. The van der Waals surface area contributed by atoms with E-state index in [1.54, 1.807) is 0 Å². The normalized spacial score (nSPS) is 19.5. The smallest absolute Gasteiger partial charge is 0.0388 e. The van der Waals surface area contributed by atoms with Crippen LogP contribution < -0.4 is 0 Å². The Balaban J connectivity index is 1.91. The molecule has 1 atom stereocenters. The van der Waals surface area contributed by atoms with Crippen LogP contribution >= 0.6 is 0 Å². The lowest BCUT2D eigenvalue weighted by Crippen LogP contribution is -2.33. The zero-order valence-electron chi connectivity index (χ0n) is 10.8. The molecule has 0 unspecified atom stereocenters. The van der Waals surface area contributed by atoms with E-state index in [2.05, 4.69) is 66.5 Å². The molecule has 92 valence electrons. The fraction of sp³-hybridized carbons (Fsp3) is 0.294. The molecule has 2 aromatic carbocycles. The van der Waals surface area contributed by atoms with Crippen LogP contribution in [0.3, 0.4) is 0 Å². The molecule has 0 aromatic heterocycles. The number of hydrogen-bond donors (Lipinski definition) is 0. The van der Waals surface area contributed by atoms with Gasteiger partial charge in [0.25, 0.3) is 0 Å². The summed E-state index contributed by atoms with van der Waals surface area (Å²) in [6, 6.07) is 20.2. The van der Waals surface area contributed by atoms with Crippen molar-refractivity contribution >= 4 is 0 Å². The van der Waals surface area contributed by atoms with Gasteiger partial charge in [0.1, 0.15) is 0 Å². The van der Waals surface area contributed by atoms with Gasteiger partial charge in [0, 0.05) is 12.6 Å². The molecule has 0 aliphatic carbocycles. The summed E-state index contributed by atoms with van der Waals surface area (Å²) in [4.78, 5) is 2.48. The molecule has 0 radical (unpaired) electrons. The Morgan fingerprint density at radius 2 is 1.72 bits per heavy atom. The average Bonchev–Trinajstić information content (AvgIpc) is 2.43. The Bertz CT molecular complexity index is 518. The standard InChI is InChI=1S/C17H19N/c1-18-12-11-15-9-5-6-10-16(15)17(18)13-14-7-3-2-4-8-14/h2-10,17H,11-13H2,1H3/t17-/m1/s1. The zero-order chi connectivity index (χ0) is 12.4. The quantitative estimate of drug-likeness (QED) is 0.773. The van der Waals surface area contributed by atoms with Gasteiger partial charge in [-0.25, -0.2) is 0 Å². The van der Waals surface area contributed by atoms with Crippen LogP contribution in [0.2, 0.25) is 0 Å². The van der Waals surface area contributed by atoms with Crippen LogP contribution in [0.5, 0.6) is 0 Å². The summed E-state index contributed by atoms with van der Waals surface area (Å²) in [5.74, 6) is 0. The topological polar surface area (TPSA) is 3.24 Å². The monoisotopic (exact) mass is 237 g/mol. The minimum atomic E-state index is 0.525. The first-order valence-electron chi connectivity index (χ1n) is 6.66. The molecule has 0 N–H and O–H groups in total. The largest absolute Gasteiger partial charge is 0.299 e. The molecule has 18 heavy (non-hydrogen) atoms. The molecule has 1 heterocycles. The fourth-order valence-corrected chi connectivity index (χ4v) is 2.88. The van der Waals surface area contributed by atoms with E-state index in [4.69, 9.17) is 0 Å². The number of likely N-dealkylation sites (N-methyl/N-ethyl adjacent to an activating group) is 1. The van der Waals surface area contributed by atoms with Crippen molar-refractivity contribution in [3.63, 3.8) is 0 Å². The van der Waals surface area contributed by atoms with Crippen molar-refractivity contribution < 1.29 is 0 Å². The van der Waals surface area contributed by atoms with E-state index in [1.165, 1.54) is 23.1 Å².